The van der Waals surface area contributed by atoms with E-state index in [0.717, 1.165) is 64.4 Å². The van der Waals surface area contributed by atoms with Crippen molar-refractivity contribution in [3.8, 4) is 0 Å². The number of rotatable bonds is 6. The molecule has 4 aliphatic carbocycles. The molecule has 8 rings (SSSR count). The van der Waals surface area contributed by atoms with Gasteiger partial charge in [0, 0.05) is 45.5 Å². The van der Waals surface area contributed by atoms with Crippen LogP contribution < -0.4 is 5.32 Å². The minimum atomic E-state index is -0.852. The zero-order valence-electron chi connectivity index (χ0n) is 33.6. The number of aliphatic hydroxyl groups is 2. The molecule has 7 nitrogen and oxygen atoms in total. The summed E-state index contributed by atoms with van der Waals surface area (Å²) in [6.07, 6.45) is 12.1. The standard InChI is InChI=1S/C46H60N2O5/c1-12-25(41(52)47-13-2)15-14-19-44(9)31-17-16-26-21-29-28-22-27-30-23-42(5,6)53-43(7,8)35(30)38(50)33(27)34-37(28)48(36(24(3)4)39(34)51)40(29)46(26,11)45(31,10)20-18-32(44)49/h14-15,19,22-23,26,31-32,35-36,38,49-50H,3,12-13,16-18,20-21H2,1-2,4-11H3,(H,47,52)/b19-14+,25-15+/t26?,31-,32-,35?,36-,38+,44-,45-,46+/m0/s1. The number of aromatic nitrogens is 1. The number of ketones is 1. The molecule has 0 bridgehead atoms. The van der Waals surface area contributed by atoms with Crippen LogP contribution in [0.1, 0.15) is 146 Å². The van der Waals surface area contributed by atoms with Gasteiger partial charge in [-0.3, -0.25) is 9.59 Å². The topological polar surface area (TPSA) is 101 Å². The van der Waals surface area contributed by atoms with Gasteiger partial charge in [0.15, 0.2) is 5.78 Å². The van der Waals surface area contributed by atoms with Gasteiger partial charge in [-0.15, -0.1) is 0 Å². The van der Waals surface area contributed by atoms with Crippen molar-refractivity contribution in [1.29, 1.82) is 0 Å². The molecule has 2 saturated carbocycles. The number of likely N-dealkylation sites (N-methyl/N-ethyl adjacent to an activating group) is 1. The van der Waals surface area contributed by atoms with Gasteiger partial charge in [0.05, 0.1) is 34.5 Å². The Bertz CT molecular complexity index is 2080. The molecule has 53 heavy (non-hydrogen) atoms. The second kappa shape index (κ2) is 11.6. The van der Waals surface area contributed by atoms with E-state index < -0.39 is 34.9 Å². The van der Waals surface area contributed by atoms with Gasteiger partial charge in [-0.2, -0.15) is 0 Å². The van der Waals surface area contributed by atoms with Crippen LogP contribution in [0.4, 0.5) is 0 Å². The number of allylic oxidation sites excluding steroid dienone is 3. The molecule has 9 atom stereocenters. The van der Waals surface area contributed by atoms with Gasteiger partial charge in [-0.1, -0.05) is 58.1 Å². The summed E-state index contributed by atoms with van der Waals surface area (Å²) < 4.78 is 8.91. The van der Waals surface area contributed by atoms with Gasteiger partial charge in [0.1, 0.15) is 6.04 Å². The van der Waals surface area contributed by atoms with Crippen LogP contribution in [0.3, 0.4) is 0 Å². The number of benzene rings is 1. The third-order valence-electron chi connectivity index (χ3n) is 15.4. The first-order valence-electron chi connectivity index (χ1n) is 20.2. The summed E-state index contributed by atoms with van der Waals surface area (Å²) in [5.41, 5.74) is 6.57. The van der Waals surface area contributed by atoms with E-state index in [2.05, 4.69) is 83.1 Å². The Hall–Kier alpha value is -3.26. The Morgan fingerprint density at radius 3 is 2.47 bits per heavy atom. The molecule has 2 aromatic rings. The number of nitrogens with one attached hydrogen (secondary N) is 1. The van der Waals surface area contributed by atoms with Gasteiger partial charge < -0.3 is 24.8 Å². The van der Waals surface area contributed by atoms with Crippen LogP contribution in [-0.4, -0.2) is 50.3 Å². The third kappa shape index (κ3) is 4.62. The van der Waals surface area contributed by atoms with Gasteiger partial charge in [0.2, 0.25) is 5.91 Å². The number of carbonyl (C=O) groups is 2. The van der Waals surface area contributed by atoms with Crippen molar-refractivity contribution < 1.29 is 24.5 Å². The van der Waals surface area contributed by atoms with E-state index in [4.69, 9.17) is 4.74 Å². The monoisotopic (exact) mass is 720 g/mol. The third-order valence-corrected chi connectivity index (χ3v) is 15.4. The van der Waals surface area contributed by atoms with Crippen LogP contribution in [0.25, 0.3) is 16.5 Å². The first kappa shape index (κ1) is 36.7. The zero-order chi connectivity index (χ0) is 38.4. The van der Waals surface area contributed by atoms with Crippen molar-refractivity contribution >= 4 is 28.2 Å². The highest BCUT2D eigenvalue weighted by Gasteiger charge is 2.67. The second-order valence-corrected chi connectivity index (χ2v) is 19.1. The van der Waals surface area contributed by atoms with Gasteiger partial charge in [-0.05, 0) is 126 Å². The Kier molecular flexibility index (Phi) is 8.05. The fourth-order valence-corrected chi connectivity index (χ4v) is 13.1. The minimum Gasteiger partial charge on any atom is -0.392 e. The van der Waals surface area contributed by atoms with Crippen LogP contribution in [0, 0.1) is 28.6 Å². The van der Waals surface area contributed by atoms with E-state index >= 15 is 0 Å². The summed E-state index contributed by atoms with van der Waals surface area (Å²) in [5.74, 6) is 0.302. The molecule has 7 heteroatoms. The van der Waals surface area contributed by atoms with Crippen LogP contribution in [0.2, 0.25) is 0 Å². The predicted molar refractivity (Wildman–Crippen MR) is 211 cm³/mol. The molecule has 0 saturated heterocycles. The first-order chi connectivity index (χ1) is 24.8. The number of Topliss-reactive ketones (excluding diaryl/α,β-unsaturated/α-hetero) is 1. The highest BCUT2D eigenvalue weighted by Crippen LogP contribution is 2.71. The maximum Gasteiger partial charge on any atom is 0.247 e. The van der Waals surface area contributed by atoms with E-state index in [0.29, 0.717) is 30.9 Å². The Balaban J connectivity index is 1.32. The molecule has 1 amide bonds. The lowest BCUT2D eigenvalue weighted by atomic mass is 9.40. The van der Waals surface area contributed by atoms with Crippen molar-refractivity contribution in [1.82, 2.24) is 9.88 Å². The predicted octanol–water partition coefficient (Wildman–Crippen LogP) is 8.62. The Morgan fingerprint density at radius 2 is 1.81 bits per heavy atom. The van der Waals surface area contributed by atoms with Gasteiger partial charge >= 0.3 is 0 Å². The first-order valence-corrected chi connectivity index (χ1v) is 20.2. The average Bonchev–Trinajstić information content (AvgIpc) is 3.74. The summed E-state index contributed by atoms with van der Waals surface area (Å²) >= 11 is 0. The molecule has 284 valence electrons. The number of aliphatic hydroxyl groups excluding tert-OH is 2. The lowest BCUT2D eigenvalue weighted by Crippen LogP contribution is -2.62. The van der Waals surface area contributed by atoms with Gasteiger partial charge in [0.25, 0.3) is 0 Å². The summed E-state index contributed by atoms with van der Waals surface area (Å²) in [6.45, 7) is 26.3. The Morgan fingerprint density at radius 1 is 1.09 bits per heavy atom. The van der Waals surface area contributed by atoms with E-state index in [1.54, 1.807) is 0 Å². The molecule has 3 N–H and O–H groups in total. The largest absolute Gasteiger partial charge is 0.392 e. The quantitative estimate of drug-likeness (QED) is 0.158. The summed E-state index contributed by atoms with van der Waals surface area (Å²) in [4.78, 5) is 27.6. The fourth-order valence-electron chi connectivity index (χ4n) is 13.1. The van der Waals surface area contributed by atoms with Crippen molar-refractivity contribution in [3.63, 3.8) is 0 Å². The number of nitrogens with zero attached hydrogens (tertiary/aromatic N) is 1. The van der Waals surface area contributed by atoms with Crippen molar-refractivity contribution in [2.45, 2.75) is 143 Å². The summed E-state index contributed by atoms with van der Waals surface area (Å²) in [5, 5.41) is 28.1. The number of ether oxygens (including phenoxy) is 1. The molecular weight excluding hydrogens is 661 g/mol. The van der Waals surface area contributed by atoms with Crippen molar-refractivity contribution in [2.24, 2.45) is 28.6 Å². The smallest absolute Gasteiger partial charge is 0.247 e. The van der Waals surface area contributed by atoms with Crippen LogP contribution >= 0.6 is 0 Å². The Labute approximate surface area is 315 Å². The fraction of sp³-hybridized carbons (Fsp3) is 0.609. The lowest BCUT2D eigenvalue weighted by Gasteiger charge is -2.64. The highest BCUT2D eigenvalue weighted by molar-refractivity contribution is 6.18. The SMILES string of the molecule is C=C(C)[C@H]1C(=O)c2c3c(cc4c5c(n1c24)[C@@]1(C)C(CC[C@H]2[C@](C)(/C=C/C=C(\CC)C(=O)NCC)[C@@H](O)CC[C@@]21C)C5)C1=CC(C)(C)OC(C)(C)C1[C@@H]3O. The average molecular weight is 721 g/mol. The van der Waals surface area contributed by atoms with E-state index in [1.165, 1.54) is 11.3 Å². The molecule has 2 fully saturated rings. The molecule has 2 aliphatic heterocycles. The zero-order valence-corrected chi connectivity index (χ0v) is 33.6. The molecule has 6 aliphatic rings. The second-order valence-electron chi connectivity index (χ2n) is 19.1. The number of hydrogen-bond acceptors (Lipinski definition) is 5. The molecule has 2 unspecified atom stereocenters. The maximum absolute atomic E-state index is 14.9. The molecular formula is C46H60N2O5. The number of amides is 1. The van der Waals surface area contributed by atoms with E-state index in [-0.39, 0.29) is 34.4 Å². The molecule has 0 radical (unpaired) electrons. The van der Waals surface area contributed by atoms with Gasteiger partial charge in [-0.25, -0.2) is 0 Å². The highest BCUT2D eigenvalue weighted by atomic mass is 16.5. The number of fused-ring (bicyclic) bond motifs is 11. The lowest BCUT2D eigenvalue weighted by molar-refractivity contribution is -0.144. The number of hydrogen-bond donors (Lipinski definition) is 3. The number of carbonyl (C=O) groups excluding carboxylic acids is 2. The van der Waals surface area contributed by atoms with Crippen molar-refractivity contribution in [2.75, 3.05) is 6.54 Å². The van der Waals surface area contributed by atoms with Crippen LogP contribution in [0.15, 0.2) is 48.1 Å². The molecule has 1 aromatic carbocycles. The van der Waals surface area contributed by atoms with Crippen LogP contribution in [0.5, 0.6) is 0 Å². The molecule has 3 heterocycles. The molecule has 1 aromatic heterocycles. The summed E-state index contributed by atoms with van der Waals surface area (Å²) in [7, 11) is 0. The van der Waals surface area contributed by atoms with Crippen LogP contribution in [-0.2, 0) is 21.4 Å². The maximum atomic E-state index is 14.9. The van der Waals surface area contributed by atoms with E-state index in [1.807, 2.05) is 32.9 Å². The minimum absolute atomic E-state index is 0.0375. The van der Waals surface area contributed by atoms with E-state index in [9.17, 15) is 19.8 Å². The summed E-state index contributed by atoms with van der Waals surface area (Å²) in [6, 6.07) is 1.79. The molecule has 0 spiro atoms. The van der Waals surface area contributed by atoms with Crippen molar-refractivity contribution in [3.05, 3.63) is 76.0 Å². The normalized spacial score (nSPS) is 37.6.